The van der Waals surface area contributed by atoms with E-state index in [4.69, 9.17) is 9.73 Å². The van der Waals surface area contributed by atoms with Gasteiger partial charge in [-0.15, -0.1) is 10.2 Å². The first kappa shape index (κ1) is 21.3. The number of aliphatic imine (C=N–C) groups is 1. The van der Waals surface area contributed by atoms with Crippen molar-refractivity contribution in [3.63, 3.8) is 0 Å². The predicted octanol–water partition coefficient (Wildman–Crippen LogP) is 1.71. The van der Waals surface area contributed by atoms with Crippen molar-refractivity contribution < 1.29 is 9.84 Å². The monoisotopic (exact) mass is 400 g/mol. The van der Waals surface area contributed by atoms with Gasteiger partial charge in [-0.2, -0.15) is 0 Å². The van der Waals surface area contributed by atoms with E-state index < -0.39 is 0 Å². The van der Waals surface area contributed by atoms with E-state index in [9.17, 15) is 5.11 Å². The molecule has 0 aliphatic carbocycles. The Bertz CT molecular complexity index is 799. The second-order valence-electron chi connectivity index (χ2n) is 7.79. The molecular weight excluding hydrogens is 368 g/mol. The Morgan fingerprint density at radius 2 is 2.14 bits per heavy atom. The molecule has 1 aromatic carbocycles. The van der Waals surface area contributed by atoms with Gasteiger partial charge in [-0.3, -0.25) is 0 Å². The minimum absolute atomic E-state index is 0.0610. The van der Waals surface area contributed by atoms with Crippen LogP contribution in [-0.4, -0.2) is 52.2 Å². The molecule has 3 rings (SSSR count). The van der Waals surface area contributed by atoms with E-state index in [1.807, 2.05) is 36.7 Å². The van der Waals surface area contributed by atoms with Gasteiger partial charge in [0.1, 0.15) is 12.4 Å². The Balaban J connectivity index is 1.73. The van der Waals surface area contributed by atoms with Crippen LogP contribution in [0.15, 0.2) is 35.3 Å². The van der Waals surface area contributed by atoms with Crippen LogP contribution in [0.4, 0.5) is 0 Å². The van der Waals surface area contributed by atoms with Gasteiger partial charge in [0.25, 0.3) is 0 Å². The van der Waals surface area contributed by atoms with Crippen LogP contribution in [0.3, 0.4) is 0 Å². The van der Waals surface area contributed by atoms with Crippen molar-refractivity contribution in [2.75, 3.05) is 26.4 Å². The standard InChI is InChI=1S/C21H32N6O2/c1-16(18-7-5-4-6-8-18)24-20(22-13-19-26-25-17(2)27(19)3)23-14-21(9-11-28)10-12-29-15-21/h4-8,16,28H,9-15H2,1-3H3,(H2,22,23,24). The molecule has 1 saturated heterocycles. The maximum Gasteiger partial charge on any atom is 0.192 e. The molecule has 0 spiro atoms. The van der Waals surface area contributed by atoms with Crippen LogP contribution in [-0.2, 0) is 18.3 Å². The highest BCUT2D eigenvalue weighted by molar-refractivity contribution is 5.80. The zero-order valence-electron chi connectivity index (χ0n) is 17.6. The number of nitrogens with zero attached hydrogens (tertiary/aromatic N) is 4. The van der Waals surface area contributed by atoms with E-state index in [1.54, 1.807) is 0 Å². The number of hydrogen-bond donors (Lipinski definition) is 3. The zero-order chi connectivity index (χ0) is 20.7. The van der Waals surface area contributed by atoms with Gasteiger partial charge in [-0.1, -0.05) is 30.3 Å². The van der Waals surface area contributed by atoms with Crippen LogP contribution in [0.5, 0.6) is 0 Å². The van der Waals surface area contributed by atoms with E-state index in [1.165, 1.54) is 5.56 Å². The number of hydrogen-bond acceptors (Lipinski definition) is 5. The maximum absolute atomic E-state index is 9.49. The highest BCUT2D eigenvalue weighted by atomic mass is 16.5. The molecule has 0 saturated carbocycles. The maximum atomic E-state index is 9.49. The number of aromatic nitrogens is 3. The fourth-order valence-electron chi connectivity index (χ4n) is 3.50. The van der Waals surface area contributed by atoms with Crippen LogP contribution in [0.1, 0.15) is 43.0 Å². The Morgan fingerprint density at radius 1 is 1.34 bits per heavy atom. The van der Waals surface area contributed by atoms with Crippen LogP contribution >= 0.6 is 0 Å². The highest BCUT2D eigenvalue weighted by Gasteiger charge is 2.34. The number of aliphatic hydroxyl groups is 1. The summed E-state index contributed by atoms with van der Waals surface area (Å²) < 4.78 is 7.55. The van der Waals surface area contributed by atoms with Crippen molar-refractivity contribution in [2.24, 2.45) is 17.5 Å². The molecule has 1 fully saturated rings. The third-order valence-electron chi connectivity index (χ3n) is 5.67. The summed E-state index contributed by atoms with van der Waals surface area (Å²) in [6.07, 6.45) is 1.65. The summed E-state index contributed by atoms with van der Waals surface area (Å²) in [4.78, 5) is 4.75. The Kier molecular flexibility index (Phi) is 7.22. The molecule has 29 heavy (non-hydrogen) atoms. The predicted molar refractivity (Wildman–Crippen MR) is 112 cm³/mol. The van der Waals surface area contributed by atoms with E-state index >= 15 is 0 Å². The minimum Gasteiger partial charge on any atom is -0.396 e. The summed E-state index contributed by atoms with van der Waals surface area (Å²) in [6, 6.07) is 10.4. The van der Waals surface area contributed by atoms with Crippen LogP contribution in [0.25, 0.3) is 0 Å². The summed E-state index contributed by atoms with van der Waals surface area (Å²) in [6.45, 7) is 6.71. The molecule has 1 aliphatic heterocycles. The summed E-state index contributed by atoms with van der Waals surface area (Å²) in [5.41, 5.74) is 1.12. The summed E-state index contributed by atoms with van der Waals surface area (Å²) in [7, 11) is 1.94. The molecule has 2 atom stereocenters. The van der Waals surface area contributed by atoms with E-state index in [-0.39, 0.29) is 18.1 Å². The lowest BCUT2D eigenvalue weighted by molar-refractivity contribution is 0.127. The van der Waals surface area contributed by atoms with Gasteiger partial charge in [0.15, 0.2) is 11.8 Å². The summed E-state index contributed by atoms with van der Waals surface area (Å²) in [5, 5.41) is 24.8. The number of ether oxygens (including phenoxy) is 1. The quantitative estimate of drug-likeness (QED) is 0.461. The molecule has 2 aromatic rings. The van der Waals surface area contributed by atoms with E-state index in [0.717, 1.165) is 24.7 Å². The number of rotatable bonds is 8. The molecule has 3 N–H and O–H groups in total. The van der Waals surface area contributed by atoms with Crippen molar-refractivity contribution in [1.82, 2.24) is 25.4 Å². The van der Waals surface area contributed by atoms with Crippen LogP contribution in [0.2, 0.25) is 0 Å². The second kappa shape index (κ2) is 9.84. The molecule has 0 amide bonds. The van der Waals surface area contributed by atoms with Crippen molar-refractivity contribution in [2.45, 2.75) is 39.3 Å². The van der Waals surface area contributed by atoms with Crippen molar-refractivity contribution >= 4 is 5.96 Å². The smallest absolute Gasteiger partial charge is 0.192 e. The highest BCUT2D eigenvalue weighted by Crippen LogP contribution is 2.31. The molecule has 8 nitrogen and oxygen atoms in total. The Labute approximate surface area is 172 Å². The fourth-order valence-corrected chi connectivity index (χ4v) is 3.50. The lowest BCUT2D eigenvalue weighted by Gasteiger charge is -2.28. The van der Waals surface area contributed by atoms with Gasteiger partial charge in [-0.05, 0) is 32.3 Å². The molecule has 0 bridgehead atoms. The number of aryl methyl sites for hydroxylation is 1. The Morgan fingerprint density at radius 3 is 2.76 bits per heavy atom. The lowest BCUT2D eigenvalue weighted by atomic mass is 9.84. The zero-order valence-corrected chi connectivity index (χ0v) is 17.6. The van der Waals surface area contributed by atoms with Crippen LogP contribution in [0, 0.1) is 12.3 Å². The van der Waals surface area contributed by atoms with Gasteiger partial charge in [0.2, 0.25) is 0 Å². The van der Waals surface area contributed by atoms with Crippen molar-refractivity contribution in [3.8, 4) is 0 Å². The summed E-state index contributed by atoms with van der Waals surface area (Å²) in [5.74, 6) is 2.39. The van der Waals surface area contributed by atoms with E-state index in [2.05, 4.69) is 39.9 Å². The van der Waals surface area contributed by atoms with Gasteiger partial charge in [-0.25, -0.2) is 4.99 Å². The number of nitrogens with one attached hydrogen (secondary N) is 2. The molecule has 2 heterocycles. The third kappa shape index (κ3) is 5.55. The molecule has 8 heteroatoms. The van der Waals surface area contributed by atoms with Gasteiger partial charge < -0.3 is 25.0 Å². The SMILES string of the molecule is Cc1nnc(CN=C(NCC2(CCO)CCOC2)NC(C)c2ccccc2)n1C. The molecular formula is C21H32N6O2. The first-order valence-corrected chi connectivity index (χ1v) is 10.2. The average molecular weight is 401 g/mol. The van der Waals surface area contributed by atoms with Crippen molar-refractivity contribution in [1.29, 1.82) is 0 Å². The topological polar surface area (TPSA) is 96.6 Å². The molecule has 2 unspecified atom stereocenters. The number of guanidine groups is 1. The van der Waals surface area contributed by atoms with Gasteiger partial charge in [0.05, 0.1) is 12.6 Å². The molecule has 0 radical (unpaired) electrons. The molecule has 1 aromatic heterocycles. The largest absolute Gasteiger partial charge is 0.396 e. The number of benzene rings is 1. The summed E-state index contributed by atoms with van der Waals surface area (Å²) >= 11 is 0. The lowest BCUT2D eigenvalue weighted by Crippen LogP contribution is -2.45. The first-order chi connectivity index (χ1) is 14.0. The second-order valence-corrected chi connectivity index (χ2v) is 7.79. The molecule has 1 aliphatic rings. The third-order valence-corrected chi connectivity index (χ3v) is 5.67. The number of aliphatic hydroxyl groups excluding tert-OH is 1. The molecule has 158 valence electrons. The minimum atomic E-state index is -0.0610. The average Bonchev–Trinajstić information content (AvgIpc) is 3.32. The Hall–Kier alpha value is -2.45. The van der Waals surface area contributed by atoms with E-state index in [0.29, 0.717) is 32.1 Å². The van der Waals surface area contributed by atoms with Crippen LogP contribution < -0.4 is 10.6 Å². The van der Waals surface area contributed by atoms with Gasteiger partial charge >= 0.3 is 0 Å². The normalized spacial score (nSPS) is 20.6. The van der Waals surface area contributed by atoms with Gasteiger partial charge in [0, 0.05) is 32.2 Å². The van der Waals surface area contributed by atoms with Crippen molar-refractivity contribution in [3.05, 3.63) is 47.5 Å². The first-order valence-electron chi connectivity index (χ1n) is 10.2. The fraction of sp³-hybridized carbons (Fsp3) is 0.571.